The van der Waals surface area contributed by atoms with E-state index >= 15 is 0 Å². The molecule has 5 heteroatoms. The van der Waals surface area contributed by atoms with Crippen molar-refractivity contribution in [2.45, 2.75) is 24.6 Å². The van der Waals surface area contributed by atoms with Crippen LogP contribution in [0.3, 0.4) is 0 Å². The Morgan fingerprint density at radius 3 is 2.59 bits per heavy atom. The summed E-state index contributed by atoms with van der Waals surface area (Å²) in [6.45, 7) is 4.23. The Bertz CT molecular complexity index is 390. The quantitative estimate of drug-likeness (QED) is 0.744. The second-order valence-electron chi connectivity index (χ2n) is 4.46. The Labute approximate surface area is 120 Å². The first-order valence-electron chi connectivity index (χ1n) is 5.78. The Morgan fingerprint density at radius 2 is 2.06 bits per heavy atom. The van der Waals surface area contributed by atoms with Gasteiger partial charge in [-0.3, -0.25) is 0 Å². The van der Waals surface area contributed by atoms with Crippen LogP contribution in [0.25, 0.3) is 0 Å². The van der Waals surface area contributed by atoms with Crippen LogP contribution in [0.2, 0.25) is 10.0 Å². The molecule has 94 valence electrons. The summed E-state index contributed by atoms with van der Waals surface area (Å²) in [5, 5.41) is 1.23. The van der Waals surface area contributed by atoms with Crippen molar-refractivity contribution in [2.75, 3.05) is 18.0 Å². The molecule has 0 spiro atoms. The van der Waals surface area contributed by atoms with Crippen molar-refractivity contribution in [3.8, 4) is 0 Å². The Kier molecular flexibility index (Phi) is 4.56. The van der Waals surface area contributed by atoms with Gasteiger partial charge >= 0.3 is 0 Å². The summed E-state index contributed by atoms with van der Waals surface area (Å²) in [6, 6.07) is 1.75. The van der Waals surface area contributed by atoms with Crippen LogP contribution < -0.4 is 4.90 Å². The first-order chi connectivity index (χ1) is 8.08. The number of anilines is 1. The van der Waals surface area contributed by atoms with E-state index < -0.39 is 0 Å². The van der Waals surface area contributed by atoms with Gasteiger partial charge in [0.15, 0.2) is 0 Å². The summed E-state index contributed by atoms with van der Waals surface area (Å²) in [5.74, 6) is 1.61. The van der Waals surface area contributed by atoms with Crippen LogP contribution in [0, 0.1) is 5.92 Å². The molecule has 1 aromatic heterocycles. The number of pyridine rings is 1. The van der Waals surface area contributed by atoms with E-state index in [4.69, 9.17) is 23.2 Å². The maximum absolute atomic E-state index is 6.16. The predicted octanol–water partition coefficient (Wildman–Crippen LogP) is 4.39. The van der Waals surface area contributed by atoms with Gasteiger partial charge in [0.05, 0.1) is 10.0 Å². The highest BCUT2D eigenvalue weighted by atomic mass is 79.9. The average Bonchev–Trinajstić information content (AvgIpc) is 2.29. The van der Waals surface area contributed by atoms with Crippen molar-refractivity contribution >= 4 is 44.9 Å². The summed E-state index contributed by atoms with van der Waals surface area (Å²) in [7, 11) is 0. The smallest absolute Gasteiger partial charge is 0.147 e. The lowest BCUT2D eigenvalue weighted by Crippen LogP contribution is -2.36. The largest absolute Gasteiger partial charge is 0.355 e. The number of piperidine rings is 1. The van der Waals surface area contributed by atoms with Crippen molar-refractivity contribution in [1.82, 2.24) is 4.98 Å². The van der Waals surface area contributed by atoms with Crippen LogP contribution in [0.5, 0.6) is 0 Å². The fourth-order valence-electron chi connectivity index (χ4n) is 2.21. The number of hydrogen-bond acceptors (Lipinski definition) is 2. The summed E-state index contributed by atoms with van der Waals surface area (Å²) in [6.07, 6.45) is 4.00. The lowest BCUT2D eigenvalue weighted by Gasteiger charge is -2.34. The molecule has 1 atom stereocenters. The van der Waals surface area contributed by atoms with E-state index in [0.717, 1.165) is 24.8 Å². The van der Waals surface area contributed by atoms with Crippen LogP contribution in [0.4, 0.5) is 5.82 Å². The monoisotopic (exact) mass is 336 g/mol. The van der Waals surface area contributed by atoms with Gasteiger partial charge in [-0.2, -0.15) is 0 Å². The van der Waals surface area contributed by atoms with Gasteiger partial charge in [-0.1, -0.05) is 46.1 Å². The van der Waals surface area contributed by atoms with Gasteiger partial charge < -0.3 is 4.90 Å². The molecule has 2 heterocycles. The molecule has 1 aromatic rings. The summed E-state index contributed by atoms with van der Waals surface area (Å²) < 4.78 is 0. The molecule has 0 aliphatic carbocycles. The molecule has 0 bridgehead atoms. The highest BCUT2D eigenvalue weighted by molar-refractivity contribution is 9.09. The van der Waals surface area contributed by atoms with E-state index in [1.165, 1.54) is 12.8 Å². The molecule has 0 N–H and O–H groups in total. The van der Waals surface area contributed by atoms with E-state index in [-0.39, 0.29) is 0 Å². The molecule has 1 saturated heterocycles. The van der Waals surface area contributed by atoms with E-state index in [9.17, 15) is 0 Å². The zero-order valence-corrected chi connectivity index (χ0v) is 12.8. The molecule has 0 radical (unpaired) electrons. The van der Waals surface area contributed by atoms with Gasteiger partial charge in [-0.05, 0) is 24.8 Å². The minimum Gasteiger partial charge on any atom is -0.355 e. The van der Waals surface area contributed by atoms with Gasteiger partial charge in [-0.25, -0.2) is 4.98 Å². The maximum atomic E-state index is 6.16. The number of aromatic nitrogens is 1. The minimum atomic E-state index is 0.582. The Morgan fingerprint density at radius 1 is 1.41 bits per heavy atom. The second kappa shape index (κ2) is 5.77. The third-order valence-corrected chi connectivity index (χ3v) is 4.51. The van der Waals surface area contributed by atoms with Crippen molar-refractivity contribution in [3.63, 3.8) is 0 Å². The van der Waals surface area contributed by atoms with Crippen LogP contribution in [-0.2, 0) is 0 Å². The lowest BCUT2D eigenvalue weighted by atomic mass is 9.94. The van der Waals surface area contributed by atoms with Crippen LogP contribution >= 0.6 is 39.1 Å². The van der Waals surface area contributed by atoms with Crippen LogP contribution in [0.1, 0.15) is 19.8 Å². The molecule has 2 rings (SSSR count). The van der Waals surface area contributed by atoms with E-state index in [0.29, 0.717) is 14.9 Å². The standard InChI is InChI=1S/C12H15BrCl2N2/c1-8(13)9-2-4-17(5-3-9)12-11(15)6-10(14)7-16-12/h6-9H,2-5H2,1H3. The number of rotatable bonds is 2. The Hall–Kier alpha value is 0.01000. The zero-order valence-electron chi connectivity index (χ0n) is 9.67. The summed E-state index contributed by atoms with van der Waals surface area (Å²) in [5.41, 5.74) is 0. The second-order valence-corrected chi connectivity index (χ2v) is 6.75. The number of hydrogen-bond donors (Lipinski definition) is 0. The molecule has 0 saturated carbocycles. The van der Waals surface area contributed by atoms with Crippen LogP contribution in [-0.4, -0.2) is 22.9 Å². The third-order valence-electron chi connectivity index (χ3n) is 3.28. The minimum absolute atomic E-state index is 0.582. The third kappa shape index (κ3) is 3.27. The van der Waals surface area contributed by atoms with Crippen molar-refractivity contribution < 1.29 is 0 Å². The predicted molar refractivity (Wildman–Crippen MR) is 77.6 cm³/mol. The first-order valence-corrected chi connectivity index (χ1v) is 7.45. The van der Waals surface area contributed by atoms with Gasteiger partial charge in [0.1, 0.15) is 5.82 Å². The fourth-order valence-corrected chi connectivity index (χ4v) is 3.24. The molecule has 2 nitrogen and oxygen atoms in total. The molecule has 1 aliphatic rings. The van der Waals surface area contributed by atoms with Gasteiger partial charge in [0.2, 0.25) is 0 Å². The average molecular weight is 338 g/mol. The summed E-state index contributed by atoms with van der Waals surface area (Å²) >= 11 is 15.7. The normalized spacial score (nSPS) is 19.4. The van der Waals surface area contributed by atoms with Gasteiger partial charge in [0.25, 0.3) is 0 Å². The molecular formula is C12H15BrCl2N2. The molecule has 0 amide bonds. The lowest BCUT2D eigenvalue weighted by molar-refractivity contribution is 0.405. The Balaban J connectivity index is 2.05. The number of alkyl halides is 1. The highest BCUT2D eigenvalue weighted by Crippen LogP contribution is 2.31. The molecular weight excluding hydrogens is 323 g/mol. The highest BCUT2D eigenvalue weighted by Gasteiger charge is 2.24. The van der Waals surface area contributed by atoms with Crippen LogP contribution in [0.15, 0.2) is 12.3 Å². The summed E-state index contributed by atoms with van der Waals surface area (Å²) in [4.78, 5) is 7.14. The van der Waals surface area contributed by atoms with E-state index in [1.54, 1.807) is 12.3 Å². The van der Waals surface area contributed by atoms with E-state index in [1.807, 2.05) is 0 Å². The van der Waals surface area contributed by atoms with Crippen molar-refractivity contribution in [3.05, 3.63) is 22.3 Å². The first kappa shape index (κ1) is 13.4. The zero-order chi connectivity index (χ0) is 12.4. The molecule has 17 heavy (non-hydrogen) atoms. The van der Waals surface area contributed by atoms with Crippen molar-refractivity contribution in [1.29, 1.82) is 0 Å². The van der Waals surface area contributed by atoms with Gasteiger partial charge in [0, 0.05) is 24.1 Å². The molecule has 1 aliphatic heterocycles. The topological polar surface area (TPSA) is 16.1 Å². The molecule has 1 unspecified atom stereocenters. The van der Waals surface area contributed by atoms with E-state index in [2.05, 4.69) is 32.7 Å². The van der Waals surface area contributed by atoms with Gasteiger partial charge in [-0.15, -0.1) is 0 Å². The number of nitrogens with zero attached hydrogens (tertiary/aromatic N) is 2. The SMILES string of the molecule is CC(Br)C1CCN(c2ncc(Cl)cc2Cl)CC1. The number of halogens is 3. The van der Waals surface area contributed by atoms with Crippen molar-refractivity contribution in [2.24, 2.45) is 5.92 Å². The molecule has 1 fully saturated rings. The molecule has 0 aromatic carbocycles. The fraction of sp³-hybridized carbons (Fsp3) is 0.583. The maximum Gasteiger partial charge on any atom is 0.147 e.